The predicted octanol–water partition coefficient (Wildman–Crippen LogP) is 3.22. The van der Waals surface area contributed by atoms with Crippen molar-refractivity contribution in [2.24, 2.45) is 5.10 Å². The van der Waals surface area contributed by atoms with Crippen LogP contribution in [0.25, 0.3) is 10.9 Å². The van der Waals surface area contributed by atoms with Gasteiger partial charge in [-0.05, 0) is 31.7 Å². The Kier molecular flexibility index (Phi) is 3.31. The maximum Gasteiger partial charge on any atom is 0.273 e. The summed E-state index contributed by atoms with van der Waals surface area (Å²) in [7, 11) is 0. The van der Waals surface area contributed by atoms with E-state index in [1.807, 2.05) is 24.3 Å². The van der Waals surface area contributed by atoms with E-state index in [4.69, 9.17) is 0 Å². The van der Waals surface area contributed by atoms with Crippen LogP contribution < -0.4 is 5.43 Å². The van der Waals surface area contributed by atoms with Crippen LogP contribution in [-0.4, -0.2) is 16.6 Å². The lowest BCUT2D eigenvalue weighted by molar-refractivity contribution is 0.0956. The number of nitrogens with zero attached hydrogens (tertiary/aromatic N) is 1. The molecule has 1 saturated carbocycles. The van der Waals surface area contributed by atoms with Crippen molar-refractivity contribution in [3.05, 3.63) is 36.0 Å². The molecule has 1 heterocycles. The van der Waals surface area contributed by atoms with E-state index < -0.39 is 0 Å². The van der Waals surface area contributed by atoms with Crippen molar-refractivity contribution in [2.45, 2.75) is 32.1 Å². The highest BCUT2D eigenvalue weighted by atomic mass is 16.2. The third kappa shape index (κ3) is 2.52. The largest absolute Gasteiger partial charge is 0.360 e. The lowest BCUT2D eigenvalue weighted by Crippen LogP contribution is -2.20. The van der Waals surface area contributed by atoms with E-state index >= 15 is 0 Å². The molecule has 1 aliphatic rings. The summed E-state index contributed by atoms with van der Waals surface area (Å²) in [5, 5.41) is 5.18. The second kappa shape index (κ2) is 5.26. The summed E-state index contributed by atoms with van der Waals surface area (Å²) in [6, 6.07) is 7.77. The van der Waals surface area contributed by atoms with E-state index in [0.29, 0.717) is 5.56 Å². The molecule has 4 heteroatoms. The second-order valence-corrected chi connectivity index (χ2v) is 4.93. The zero-order valence-corrected chi connectivity index (χ0v) is 10.8. The number of benzene rings is 1. The van der Waals surface area contributed by atoms with Crippen LogP contribution >= 0.6 is 0 Å². The maximum absolute atomic E-state index is 12.1. The zero-order valence-electron chi connectivity index (χ0n) is 10.8. The molecule has 0 unspecified atom stereocenters. The van der Waals surface area contributed by atoms with Gasteiger partial charge in [0.05, 0.1) is 5.56 Å². The molecule has 1 aromatic carbocycles. The first kappa shape index (κ1) is 12.0. The molecule has 0 radical (unpaired) electrons. The Morgan fingerprint density at radius 2 is 1.95 bits per heavy atom. The molecule has 1 aliphatic carbocycles. The third-order valence-corrected chi connectivity index (χ3v) is 3.58. The van der Waals surface area contributed by atoms with Crippen LogP contribution in [0.5, 0.6) is 0 Å². The predicted molar refractivity (Wildman–Crippen MR) is 76.3 cm³/mol. The zero-order chi connectivity index (χ0) is 13.1. The Balaban J connectivity index is 1.76. The van der Waals surface area contributed by atoms with Gasteiger partial charge in [-0.3, -0.25) is 4.79 Å². The second-order valence-electron chi connectivity index (χ2n) is 4.93. The minimum Gasteiger partial charge on any atom is -0.360 e. The van der Waals surface area contributed by atoms with Gasteiger partial charge in [-0.25, -0.2) is 5.43 Å². The normalized spacial score (nSPS) is 15.5. The molecule has 19 heavy (non-hydrogen) atoms. The fourth-order valence-corrected chi connectivity index (χ4v) is 2.52. The number of aromatic nitrogens is 1. The third-order valence-electron chi connectivity index (χ3n) is 3.58. The number of carbonyl (C=O) groups excluding carboxylic acids is 1. The van der Waals surface area contributed by atoms with Crippen LogP contribution in [0.1, 0.15) is 42.5 Å². The molecule has 2 aromatic rings. The molecule has 0 bridgehead atoms. The van der Waals surface area contributed by atoms with E-state index in [1.54, 1.807) is 6.20 Å². The van der Waals surface area contributed by atoms with Crippen molar-refractivity contribution in [1.29, 1.82) is 0 Å². The number of aromatic amines is 1. The highest BCUT2D eigenvalue weighted by molar-refractivity contribution is 6.06. The summed E-state index contributed by atoms with van der Waals surface area (Å²) in [6.45, 7) is 0. The summed E-state index contributed by atoms with van der Waals surface area (Å²) in [6.07, 6.45) is 7.39. The van der Waals surface area contributed by atoms with Crippen molar-refractivity contribution < 1.29 is 4.79 Å². The highest BCUT2D eigenvalue weighted by Gasteiger charge is 2.12. The number of carbonyl (C=O) groups is 1. The van der Waals surface area contributed by atoms with Crippen molar-refractivity contribution in [3.63, 3.8) is 0 Å². The molecule has 1 aromatic heterocycles. The average molecular weight is 255 g/mol. The first-order valence-electron chi connectivity index (χ1n) is 6.76. The maximum atomic E-state index is 12.1. The van der Waals surface area contributed by atoms with Gasteiger partial charge in [-0.15, -0.1) is 0 Å². The number of amides is 1. The number of hydrogen-bond acceptors (Lipinski definition) is 2. The van der Waals surface area contributed by atoms with Gasteiger partial charge in [0.2, 0.25) is 0 Å². The number of hydrogen-bond donors (Lipinski definition) is 2. The van der Waals surface area contributed by atoms with Gasteiger partial charge in [0, 0.05) is 22.8 Å². The smallest absolute Gasteiger partial charge is 0.273 e. The van der Waals surface area contributed by atoms with Crippen LogP contribution in [0, 0.1) is 0 Å². The van der Waals surface area contributed by atoms with Gasteiger partial charge in [0.1, 0.15) is 0 Å². The number of rotatable bonds is 2. The van der Waals surface area contributed by atoms with Crippen LogP contribution in [-0.2, 0) is 0 Å². The van der Waals surface area contributed by atoms with Gasteiger partial charge in [0.15, 0.2) is 0 Å². The molecular formula is C15H17N3O. The molecule has 2 N–H and O–H groups in total. The van der Waals surface area contributed by atoms with Crippen molar-refractivity contribution in [1.82, 2.24) is 10.4 Å². The summed E-state index contributed by atoms with van der Waals surface area (Å²) >= 11 is 0. The Morgan fingerprint density at radius 3 is 2.79 bits per heavy atom. The lowest BCUT2D eigenvalue weighted by atomic mass is 9.99. The lowest BCUT2D eigenvalue weighted by Gasteiger charge is -2.11. The fraction of sp³-hybridized carbons (Fsp3) is 0.333. The monoisotopic (exact) mass is 255 g/mol. The number of nitrogens with one attached hydrogen (secondary N) is 2. The minimum absolute atomic E-state index is 0.143. The Bertz CT molecular complexity index is 619. The molecule has 0 aliphatic heterocycles. The topological polar surface area (TPSA) is 57.2 Å². The molecule has 1 amide bonds. The van der Waals surface area contributed by atoms with Crippen molar-refractivity contribution in [3.8, 4) is 0 Å². The van der Waals surface area contributed by atoms with E-state index in [9.17, 15) is 4.79 Å². The van der Waals surface area contributed by atoms with E-state index in [1.165, 1.54) is 19.3 Å². The van der Waals surface area contributed by atoms with Gasteiger partial charge >= 0.3 is 0 Å². The fourth-order valence-electron chi connectivity index (χ4n) is 2.52. The summed E-state index contributed by atoms with van der Waals surface area (Å²) in [5.41, 5.74) is 5.41. The quantitative estimate of drug-likeness (QED) is 0.795. The Morgan fingerprint density at radius 1 is 1.16 bits per heavy atom. The number of fused-ring (bicyclic) bond motifs is 1. The first-order valence-corrected chi connectivity index (χ1v) is 6.76. The molecule has 1 fully saturated rings. The molecule has 98 valence electrons. The van der Waals surface area contributed by atoms with Crippen LogP contribution in [0.4, 0.5) is 0 Å². The van der Waals surface area contributed by atoms with Crippen LogP contribution in [0.2, 0.25) is 0 Å². The average Bonchev–Trinajstić information content (AvgIpc) is 2.90. The summed E-state index contributed by atoms with van der Waals surface area (Å²) in [4.78, 5) is 15.2. The van der Waals surface area contributed by atoms with Gasteiger partial charge in [-0.1, -0.05) is 24.6 Å². The number of H-pyrrole nitrogens is 1. The van der Waals surface area contributed by atoms with Crippen molar-refractivity contribution in [2.75, 3.05) is 0 Å². The number of hydrazone groups is 1. The Labute approximate surface area is 111 Å². The number of para-hydroxylation sites is 1. The highest BCUT2D eigenvalue weighted by Crippen LogP contribution is 2.18. The van der Waals surface area contributed by atoms with Gasteiger partial charge in [0.25, 0.3) is 5.91 Å². The molecule has 4 nitrogen and oxygen atoms in total. The molecule has 0 atom stereocenters. The van der Waals surface area contributed by atoms with Gasteiger partial charge < -0.3 is 4.98 Å². The summed E-state index contributed by atoms with van der Waals surface area (Å²) < 4.78 is 0. The molecular weight excluding hydrogens is 238 g/mol. The Hall–Kier alpha value is -2.10. The summed E-state index contributed by atoms with van der Waals surface area (Å²) in [5.74, 6) is -0.143. The SMILES string of the molecule is O=C(NN=C1CCCCC1)c1c[nH]c2ccccc12. The van der Waals surface area contributed by atoms with E-state index in [-0.39, 0.29) is 5.91 Å². The van der Waals surface area contributed by atoms with E-state index in [2.05, 4.69) is 15.5 Å². The van der Waals surface area contributed by atoms with Crippen molar-refractivity contribution >= 4 is 22.5 Å². The first-order chi connectivity index (χ1) is 9.34. The molecule has 0 spiro atoms. The molecule has 0 saturated heterocycles. The van der Waals surface area contributed by atoms with Crippen LogP contribution in [0.15, 0.2) is 35.6 Å². The van der Waals surface area contributed by atoms with Crippen LogP contribution in [0.3, 0.4) is 0 Å². The van der Waals surface area contributed by atoms with E-state index in [0.717, 1.165) is 29.5 Å². The molecule has 3 rings (SSSR count). The standard InChI is InChI=1S/C15H17N3O/c19-15(18-17-11-6-2-1-3-7-11)13-10-16-14-9-5-4-8-12(13)14/h4-5,8-10,16H,1-3,6-7H2,(H,18,19). The van der Waals surface area contributed by atoms with Gasteiger partial charge in [-0.2, -0.15) is 5.10 Å². The minimum atomic E-state index is -0.143.